The van der Waals surface area contributed by atoms with Gasteiger partial charge in [-0.05, 0) is 12.8 Å². The maximum absolute atomic E-state index is 2.18. The fraction of sp³-hybridized carbons (Fsp3) is 0.200. The van der Waals surface area contributed by atoms with Crippen LogP contribution in [-0.4, -0.2) is 0 Å². The van der Waals surface area contributed by atoms with Crippen molar-refractivity contribution in [2.75, 3.05) is 0 Å². The molecule has 1 rings (SSSR count). The van der Waals surface area contributed by atoms with Crippen LogP contribution < -0.4 is 0 Å². The highest BCUT2D eigenvalue weighted by Crippen LogP contribution is 1.95. The van der Waals surface area contributed by atoms with Crippen molar-refractivity contribution in [2.24, 2.45) is 0 Å². The van der Waals surface area contributed by atoms with Crippen LogP contribution in [0.1, 0.15) is 12.8 Å². The van der Waals surface area contributed by atoms with Crippen molar-refractivity contribution in [2.45, 2.75) is 12.8 Å². The van der Waals surface area contributed by atoms with Crippen LogP contribution in [0.2, 0.25) is 0 Å². The first kappa shape index (κ1) is 7.07. The lowest BCUT2D eigenvalue weighted by Crippen LogP contribution is -1.64. The Morgan fingerprint density at radius 1 is 0.500 bits per heavy atom. The zero-order valence-corrected chi connectivity index (χ0v) is 6.03. The van der Waals surface area contributed by atoms with Crippen LogP contribution in [0.3, 0.4) is 0 Å². The fourth-order valence-corrected chi connectivity index (χ4v) is 0.799. The Morgan fingerprint density at radius 3 is 1.40 bits per heavy atom. The van der Waals surface area contributed by atoms with Crippen molar-refractivity contribution in [3.05, 3.63) is 48.6 Å². The lowest BCUT2D eigenvalue weighted by atomic mass is 10.2. The Morgan fingerprint density at radius 2 is 0.900 bits per heavy atom. The molecular weight excluding hydrogens is 120 g/mol. The number of allylic oxidation sites excluding steroid dienone is 8. The van der Waals surface area contributed by atoms with Crippen LogP contribution in [0.5, 0.6) is 0 Å². The number of rotatable bonds is 0. The molecule has 0 heterocycles. The van der Waals surface area contributed by atoms with Gasteiger partial charge in [0.05, 0.1) is 0 Å². The molecule has 0 aromatic rings. The highest BCUT2D eigenvalue weighted by Gasteiger charge is 1.74. The molecule has 0 heteroatoms. The van der Waals surface area contributed by atoms with E-state index in [2.05, 4.69) is 36.5 Å². The molecule has 0 unspecified atom stereocenters. The quantitative estimate of drug-likeness (QED) is 0.475. The normalized spacial score (nSPS) is 24.0. The van der Waals surface area contributed by atoms with Gasteiger partial charge in [0, 0.05) is 0 Å². The van der Waals surface area contributed by atoms with E-state index in [1.165, 1.54) is 0 Å². The molecule has 0 atom stereocenters. The van der Waals surface area contributed by atoms with Gasteiger partial charge in [0.25, 0.3) is 0 Å². The van der Waals surface area contributed by atoms with Gasteiger partial charge in [-0.15, -0.1) is 0 Å². The Labute approximate surface area is 62.3 Å². The molecule has 0 nitrogen and oxygen atoms in total. The van der Waals surface area contributed by atoms with Crippen molar-refractivity contribution in [1.82, 2.24) is 0 Å². The van der Waals surface area contributed by atoms with E-state index in [0.29, 0.717) is 0 Å². The third kappa shape index (κ3) is 3.08. The van der Waals surface area contributed by atoms with Gasteiger partial charge in [0.15, 0.2) is 0 Å². The van der Waals surface area contributed by atoms with Gasteiger partial charge in [0.1, 0.15) is 0 Å². The van der Waals surface area contributed by atoms with Crippen LogP contribution in [0.15, 0.2) is 48.6 Å². The maximum Gasteiger partial charge on any atom is -0.0313 e. The molecule has 10 heavy (non-hydrogen) atoms. The molecule has 0 amide bonds. The van der Waals surface area contributed by atoms with Gasteiger partial charge in [-0.2, -0.15) is 0 Å². The number of hydrogen-bond donors (Lipinski definition) is 0. The predicted molar refractivity (Wildman–Crippen MR) is 45.8 cm³/mol. The highest BCUT2D eigenvalue weighted by atomic mass is 13.8. The van der Waals surface area contributed by atoms with Crippen LogP contribution >= 0.6 is 0 Å². The average Bonchev–Trinajstić information content (AvgIpc) is 2.01. The first-order chi connectivity index (χ1) is 5.00. The maximum atomic E-state index is 2.18. The molecule has 0 spiro atoms. The Kier molecular flexibility index (Phi) is 3.40. The van der Waals surface area contributed by atoms with Crippen LogP contribution in [0, 0.1) is 0 Å². The third-order valence-corrected chi connectivity index (χ3v) is 1.33. The Balaban J connectivity index is 2.53. The standard InChI is InChI=1S/C10H12/c1-2-4-6-8-10-9-7-5-3-1/h1-8H,9-10H2/b3-1?,4-2?,7-5-,8-6+. The van der Waals surface area contributed by atoms with E-state index in [0.717, 1.165) is 12.8 Å². The summed E-state index contributed by atoms with van der Waals surface area (Å²) < 4.78 is 0. The van der Waals surface area contributed by atoms with E-state index >= 15 is 0 Å². The third-order valence-electron chi connectivity index (χ3n) is 1.33. The topological polar surface area (TPSA) is 0 Å². The van der Waals surface area contributed by atoms with Crippen molar-refractivity contribution in [1.29, 1.82) is 0 Å². The first-order valence-electron chi connectivity index (χ1n) is 3.65. The predicted octanol–water partition coefficient (Wildman–Crippen LogP) is 3.01. The minimum absolute atomic E-state index is 1.15. The van der Waals surface area contributed by atoms with Crippen LogP contribution in [0.25, 0.3) is 0 Å². The molecule has 0 aromatic carbocycles. The Hall–Kier alpha value is -1.04. The summed E-state index contributed by atoms with van der Waals surface area (Å²) >= 11 is 0. The number of hydrogen-bond acceptors (Lipinski definition) is 0. The molecule has 52 valence electrons. The zero-order chi connectivity index (χ0) is 7.07. The summed E-state index contributed by atoms with van der Waals surface area (Å²) in [7, 11) is 0. The van der Waals surface area contributed by atoms with Crippen LogP contribution in [-0.2, 0) is 0 Å². The second kappa shape index (κ2) is 4.80. The van der Waals surface area contributed by atoms with E-state index in [1.807, 2.05) is 12.2 Å². The van der Waals surface area contributed by atoms with E-state index in [9.17, 15) is 0 Å². The summed E-state index contributed by atoms with van der Waals surface area (Å²) in [5.74, 6) is 0. The smallest absolute Gasteiger partial charge is 0.0313 e. The van der Waals surface area contributed by atoms with Gasteiger partial charge in [0.2, 0.25) is 0 Å². The molecule has 0 saturated carbocycles. The molecule has 0 bridgehead atoms. The lowest BCUT2D eigenvalue weighted by Gasteiger charge is -1.85. The van der Waals surface area contributed by atoms with Gasteiger partial charge in [-0.1, -0.05) is 48.6 Å². The van der Waals surface area contributed by atoms with Gasteiger partial charge in [-0.3, -0.25) is 0 Å². The van der Waals surface area contributed by atoms with Crippen LogP contribution in [0.4, 0.5) is 0 Å². The molecule has 1 aliphatic rings. The fourth-order valence-electron chi connectivity index (χ4n) is 0.799. The monoisotopic (exact) mass is 132 g/mol. The van der Waals surface area contributed by atoms with Crippen molar-refractivity contribution in [3.63, 3.8) is 0 Å². The van der Waals surface area contributed by atoms with E-state index in [-0.39, 0.29) is 0 Å². The molecule has 0 aromatic heterocycles. The molecule has 0 fully saturated rings. The lowest BCUT2D eigenvalue weighted by molar-refractivity contribution is 1.05. The van der Waals surface area contributed by atoms with Crippen molar-refractivity contribution < 1.29 is 0 Å². The molecule has 0 N–H and O–H groups in total. The van der Waals surface area contributed by atoms with Crippen molar-refractivity contribution >= 4 is 0 Å². The Bertz CT molecular complexity index is 158. The first-order valence-corrected chi connectivity index (χ1v) is 3.65. The summed E-state index contributed by atoms with van der Waals surface area (Å²) in [4.78, 5) is 0. The summed E-state index contributed by atoms with van der Waals surface area (Å²) in [5, 5.41) is 0. The minimum atomic E-state index is 1.15. The highest BCUT2D eigenvalue weighted by molar-refractivity contribution is 5.16. The van der Waals surface area contributed by atoms with E-state index < -0.39 is 0 Å². The second-order valence-corrected chi connectivity index (χ2v) is 2.20. The average molecular weight is 132 g/mol. The summed E-state index contributed by atoms with van der Waals surface area (Å²) in [6.45, 7) is 0. The SMILES string of the molecule is C1=C/C=C\CC/C=C/C=C1. The molecular formula is C10H12. The van der Waals surface area contributed by atoms with E-state index in [1.54, 1.807) is 0 Å². The van der Waals surface area contributed by atoms with Gasteiger partial charge >= 0.3 is 0 Å². The zero-order valence-electron chi connectivity index (χ0n) is 6.03. The van der Waals surface area contributed by atoms with E-state index in [4.69, 9.17) is 0 Å². The molecule has 0 saturated heterocycles. The molecule has 0 aliphatic heterocycles. The minimum Gasteiger partial charge on any atom is -0.0842 e. The second-order valence-electron chi connectivity index (χ2n) is 2.20. The summed E-state index contributed by atoms with van der Waals surface area (Å²) in [6.07, 6.45) is 19.0. The largest absolute Gasteiger partial charge is 0.0842 e. The molecule has 0 radical (unpaired) electrons. The summed E-state index contributed by atoms with van der Waals surface area (Å²) in [6, 6.07) is 0. The van der Waals surface area contributed by atoms with Crippen molar-refractivity contribution in [3.8, 4) is 0 Å². The summed E-state index contributed by atoms with van der Waals surface area (Å²) in [5.41, 5.74) is 0. The van der Waals surface area contributed by atoms with Gasteiger partial charge in [-0.25, -0.2) is 0 Å². The molecule has 1 aliphatic carbocycles. The van der Waals surface area contributed by atoms with Gasteiger partial charge < -0.3 is 0 Å².